The van der Waals surface area contributed by atoms with Crippen molar-refractivity contribution in [3.63, 3.8) is 0 Å². The molecule has 1 aliphatic heterocycles. The highest BCUT2D eigenvalue weighted by Gasteiger charge is 2.32. The molecule has 2 aliphatic rings. The highest BCUT2D eigenvalue weighted by atomic mass is 16.4. The molecule has 0 spiro atoms. The van der Waals surface area contributed by atoms with Gasteiger partial charge < -0.3 is 10.4 Å². The van der Waals surface area contributed by atoms with Gasteiger partial charge in [0.1, 0.15) is 0 Å². The highest BCUT2D eigenvalue weighted by Crippen LogP contribution is 2.37. The van der Waals surface area contributed by atoms with Gasteiger partial charge in [-0.2, -0.15) is 0 Å². The van der Waals surface area contributed by atoms with Crippen molar-refractivity contribution in [2.75, 3.05) is 26.2 Å². The Bertz CT molecular complexity index is 303. The van der Waals surface area contributed by atoms with Crippen LogP contribution in [0, 0.1) is 17.8 Å². The second kappa shape index (κ2) is 6.71. The van der Waals surface area contributed by atoms with E-state index in [2.05, 4.69) is 24.1 Å². The third-order valence-corrected chi connectivity index (χ3v) is 4.15. The molecule has 1 saturated carbocycles. The van der Waals surface area contributed by atoms with Gasteiger partial charge in [-0.15, -0.1) is 0 Å². The van der Waals surface area contributed by atoms with Gasteiger partial charge in [0.25, 0.3) is 0 Å². The number of nitrogens with zero attached hydrogens (tertiary/aromatic N) is 1. The lowest BCUT2D eigenvalue weighted by atomic mass is 9.89. The van der Waals surface area contributed by atoms with Crippen LogP contribution in [0.5, 0.6) is 0 Å². The molecule has 2 atom stereocenters. The van der Waals surface area contributed by atoms with Crippen molar-refractivity contribution in [3.05, 3.63) is 0 Å². The van der Waals surface area contributed by atoms with Crippen LogP contribution in [0.3, 0.4) is 0 Å². The van der Waals surface area contributed by atoms with E-state index in [0.717, 1.165) is 25.6 Å². The first-order chi connectivity index (χ1) is 9.02. The van der Waals surface area contributed by atoms with Crippen LogP contribution in [0.2, 0.25) is 0 Å². The van der Waals surface area contributed by atoms with Gasteiger partial charge in [0.2, 0.25) is 0 Å². The van der Waals surface area contributed by atoms with Crippen molar-refractivity contribution >= 4 is 5.97 Å². The number of likely N-dealkylation sites (tertiary alicyclic amines) is 1. The van der Waals surface area contributed by atoms with E-state index in [1.54, 1.807) is 0 Å². The summed E-state index contributed by atoms with van der Waals surface area (Å²) in [6, 6.07) is 0.472. The minimum Gasteiger partial charge on any atom is -0.480 e. The lowest BCUT2D eigenvalue weighted by molar-refractivity contribution is -0.138. The summed E-state index contributed by atoms with van der Waals surface area (Å²) in [6.07, 6.45) is 5.30. The molecular weight excluding hydrogens is 240 g/mol. The highest BCUT2D eigenvalue weighted by molar-refractivity contribution is 5.69. The molecule has 0 aromatic carbocycles. The second-order valence-electron chi connectivity index (χ2n) is 6.87. The molecule has 1 heterocycles. The van der Waals surface area contributed by atoms with Gasteiger partial charge in [-0.1, -0.05) is 26.7 Å². The number of carboxylic acid groups (broad SMARTS) is 1. The summed E-state index contributed by atoms with van der Waals surface area (Å²) < 4.78 is 0. The number of hydrogen-bond acceptors (Lipinski definition) is 3. The van der Waals surface area contributed by atoms with Crippen LogP contribution in [0.15, 0.2) is 0 Å². The fourth-order valence-electron chi connectivity index (χ4n) is 3.17. The van der Waals surface area contributed by atoms with Crippen LogP contribution < -0.4 is 5.32 Å². The summed E-state index contributed by atoms with van der Waals surface area (Å²) in [5, 5.41) is 12.6. The van der Waals surface area contributed by atoms with E-state index in [1.165, 1.54) is 25.7 Å². The van der Waals surface area contributed by atoms with E-state index >= 15 is 0 Å². The molecule has 4 nitrogen and oxygen atoms in total. The number of carboxylic acids is 1. The minimum atomic E-state index is -0.699. The van der Waals surface area contributed by atoms with Crippen LogP contribution in [0.4, 0.5) is 0 Å². The standard InChI is InChI=1S/C15H28N2O2/c1-11(2)7-16-14-6-13(5-12-3-4-12)8-17(9-14)10-15(18)19/h11-14,16H,3-10H2,1-2H3,(H,18,19). The first-order valence-corrected chi connectivity index (χ1v) is 7.70. The summed E-state index contributed by atoms with van der Waals surface area (Å²) >= 11 is 0. The number of piperidine rings is 1. The van der Waals surface area contributed by atoms with E-state index in [9.17, 15) is 4.79 Å². The summed E-state index contributed by atoms with van der Waals surface area (Å²) in [4.78, 5) is 13.0. The van der Waals surface area contributed by atoms with E-state index in [0.29, 0.717) is 17.9 Å². The molecule has 1 aliphatic carbocycles. The Morgan fingerprint density at radius 3 is 2.63 bits per heavy atom. The number of hydrogen-bond donors (Lipinski definition) is 2. The predicted octanol–water partition coefficient (Wildman–Crippen LogP) is 1.81. The first kappa shape index (κ1) is 14.8. The lowest BCUT2D eigenvalue weighted by Gasteiger charge is -2.38. The van der Waals surface area contributed by atoms with Crippen molar-refractivity contribution in [2.45, 2.75) is 45.6 Å². The molecule has 4 heteroatoms. The van der Waals surface area contributed by atoms with Gasteiger partial charge in [0, 0.05) is 19.1 Å². The Hall–Kier alpha value is -0.610. The average molecular weight is 268 g/mol. The Kier molecular flexibility index (Phi) is 5.22. The fraction of sp³-hybridized carbons (Fsp3) is 0.933. The Morgan fingerprint density at radius 2 is 2.05 bits per heavy atom. The minimum absolute atomic E-state index is 0.195. The molecule has 110 valence electrons. The molecular formula is C15H28N2O2. The molecule has 2 fully saturated rings. The smallest absolute Gasteiger partial charge is 0.317 e. The molecule has 0 amide bonds. The maximum Gasteiger partial charge on any atom is 0.317 e. The zero-order valence-electron chi connectivity index (χ0n) is 12.3. The first-order valence-electron chi connectivity index (χ1n) is 7.70. The van der Waals surface area contributed by atoms with Crippen LogP contribution in [-0.4, -0.2) is 48.2 Å². The van der Waals surface area contributed by atoms with E-state index in [1.807, 2.05) is 0 Å². The maximum absolute atomic E-state index is 10.9. The van der Waals surface area contributed by atoms with Gasteiger partial charge in [0.05, 0.1) is 6.54 Å². The lowest BCUT2D eigenvalue weighted by Crippen LogP contribution is -2.51. The van der Waals surface area contributed by atoms with Crippen LogP contribution in [0.25, 0.3) is 0 Å². The molecule has 19 heavy (non-hydrogen) atoms. The number of nitrogens with one attached hydrogen (secondary N) is 1. The predicted molar refractivity (Wildman–Crippen MR) is 76.2 cm³/mol. The molecule has 0 aromatic heterocycles. The van der Waals surface area contributed by atoms with Crippen molar-refractivity contribution in [1.82, 2.24) is 10.2 Å². The molecule has 2 rings (SSSR count). The summed E-state index contributed by atoms with van der Waals surface area (Å²) in [6.45, 7) is 7.52. The monoisotopic (exact) mass is 268 g/mol. The maximum atomic E-state index is 10.9. The Balaban J connectivity index is 1.84. The molecule has 0 radical (unpaired) electrons. The van der Waals surface area contributed by atoms with E-state index in [4.69, 9.17) is 5.11 Å². The normalized spacial score (nSPS) is 28.8. The molecule has 0 bridgehead atoms. The number of carbonyl (C=O) groups is 1. The zero-order chi connectivity index (χ0) is 13.8. The van der Waals surface area contributed by atoms with Crippen LogP contribution in [0.1, 0.15) is 39.5 Å². The molecule has 1 saturated heterocycles. The van der Waals surface area contributed by atoms with Crippen molar-refractivity contribution in [3.8, 4) is 0 Å². The third-order valence-electron chi connectivity index (χ3n) is 4.15. The van der Waals surface area contributed by atoms with Crippen LogP contribution in [-0.2, 0) is 4.79 Å². The quantitative estimate of drug-likeness (QED) is 0.739. The molecule has 2 N–H and O–H groups in total. The van der Waals surface area contributed by atoms with Gasteiger partial charge in [0.15, 0.2) is 0 Å². The SMILES string of the molecule is CC(C)CNC1CC(CC2CC2)CN(CC(=O)O)C1. The molecule has 0 aromatic rings. The summed E-state index contributed by atoms with van der Waals surface area (Å²) in [5.74, 6) is 1.57. The van der Waals surface area contributed by atoms with Gasteiger partial charge in [-0.25, -0.2) is 0 Å². The zero-order valence-corrected chi connectivity index (χ0v) is 12.3. The van der Waals surface area contributed by atoms with Crippen molar-refractivity contribution in [2.24, 2.45) is 17.8 Å². The summed E-state index contributed by atoms with van der Waals surface area (Å²) in [5.41, 5.74) is 0. The van der Waals surface area contributed by atoms with Gasteiger partial charge in [-0.3, -0.25) is 9.69 Å². The Labute approximate surface area is 116 Å². The largest absolute Gasteiger partial charge is 0.480 e. The average Bonchev–Trinajstić information content (AvgIpc) is 3.09. The van der Waals surface area contributed by atoms with Crippen molar-refractivity contribution < 1.29 is 9.90 Å². The van der Waals surface area contributed by atoms with E-state index < -0.39 is 5.97 Å². The van der Waals surface area contributed by atoms with Crippen molar-refractivity contribution in [1.29, 1.82) is 0 Å². The second-order valence-corrected chi connectivity index (χ2v) is 6.87. The number of aliphatic carboxylic acids is 1. The Morgan fingerprint density at radius 1 is 1.32 bits per heavy atom. The number of rotatable bonds is 7. The topological polar surface area (TPSA) is 52.6 Å². The summed E-state index contributed by atoms with van der Waals surface area (Å²) in [7, 11) is 0. The van der Waals surface area contributed by atoms with Gasteiger partial charge in [-0.05, 0) is 37.1 Å². The fourth-order valence-corrected chi connectivity index (χ4v) is 3.17. The third kappa shape index (κ3) is 5.49. The van der Waals surface area contributed by atoms with Gasteiger partial charge >= 0.3 is 5.97 Å². The molecule has 2 unspecified atom stereocenters. The van der Waals surface area contributed by atoms with E-state index in [-0.39, 0.29) is 6.54 Å². The van der Waals surface area contributed by atoms with Crippen LogP contribution >= 0.6 is 0 Å².